The third-order valence-electron chi connectivity index (χ3n) is 2.74. The molecular weight excluding hydrogens is 230 g/mol. The SMILES string of the molecule is COC(=O)CC(C)S(=O)C1CCN(C)C1=O. The highest BCUT2D eigenvalue weighted by atomic mass is 32.2. The number of methoxy groups -OCH3 is 1. The van der Waals surface area contributed by atoms with Crippen molar-refractivity contribution in [3.63, 3.8) is 0 Å². The molecule has 0 spiro atoms. The maximum atomic E-state index is 12.0. The summed E-state index contributed by atoms with van der Waals surface area (Å²) in [6, 6.07) is 0. The molecule has 3 unspecified atom stereocenters. The Morgan fingerprint density at radius 1 is 1.69 bits per heavy atom. The predicted octanol–water partition coefficient (Wildman–Crippen LogP) is -0.0826. The van der Waals surface area contributed by atoms with Crippen molar-refractivity contribution in [2.45, 2.75) is 30.3 Å². The molecular formula is C10H17NO4S. The number of carbonyl (C=O) groups is 2. The monoisotopic (exact) mass is 247 g/mol. The normalized spacial score (nSPS) is 24.3. The Labute approximate surface area is 97.6 Å². The van der Waals surface area contributed by atoms with Crippen LogP contribution < -0.4 is 0 Å². The van der Waals surface area contributed by atoms with Gasteiger partial charge in [-0.05, 0) is 6.42 Å². The molecule has 1 saturated heterocycles. The van der Waals surface area contributed by atoms with E-state index in [4.69, 9.17) is 0 Å². The lowest BCUT2D eigenvalue weighted by Crippen LogP contribution is -2.33. The standard InChI is InChI=1S/C10H17NO4S/c1-7(6-9(12)15-3)16(14)8-4-5-11(2)10(8)13/h7-8H,4-6H2,1-3H3. The number of carbonyl (C=O) groups excluding carboxylic acids is 2. The van der Waals surface area contributed by atoms with E-state index in [2.05, 4.69) is 4.74 Å². The highest BCUT2D eigenvalue weighted by Gasteiger charge is 2.36. The minimum atomic E-state index is -1.31. The van der Waals surface area contributed by atoms with E-state index in [1.165, 1.54) is 7.11 Å². The molecule has 0 aliphatic carbocycles. The Morgan fingerprint density at radius 2 is 2.31 bits per heavy atom. The summed E-state index contributed by atoms with van der Waals surface area (Å²) in [4.78, 5) is 24.2. The summed E-state index contributed by atoms with van der Waals surface area (Å²) < 4.78 is 16.5. The third kappa shape index (κ3) is 2.81. The van der Waals surface area contributed by atoms with E-state index < -0.39 is 16.0 Å². The molecule has 0 aromatic carbocycles. The van der Waals surface area contributed by atoms with Crippen LogP contribution in [0.5, 0.6) is 0 Å². The second-order valence-corrected chi connectivity index (χ2v) is 5.99. The highest BCUT2D eigenvalue weighted by Crippen LogP contribution is 2.19. The van der Waals surface area contributed by atoms with Crippen LogP contribution in [0.3, 0.4) is 0 Å². The largest absolute Gasteiger partial charge is 0.469 e. The van der Waals surface area contributed by atoms with E-state index in [0.29, 0.717) is 13.0 Å². The third-order valence-corrected chi connectivity index (χ3v) is 4.70. The molecule has 1 aliphatic rings. The lowest BCUT2D eigenvalue weighted by Gasteiger charge is -2.14. The van der Waals surface area contributed by atoms with E-state index in [-0.39, 0.29) is 23.5 Å². The number of rotatable bonds is 4. The molecule has 1 fully saturated rings. The number of hydrogen-bond acceptors (Lipinski definition) is 4. The number of ether oxygens (including phenoxy) is 1. The maximum absolute atomic E-state index is 12.0. The second kappa shape index (κ2) is 5.43. The van der Waals surface area contributed by atoms with Gasteiger partial charge in [0.25, 0.3) is 0 Å². The summed E-state index contributed by atoms with van der Waals surface area (Å²) in [6.07, 6.45) is 0.698. The molecule has 1 heterocycles. The van der Waals surface area contributed by atoms with Gasteiger partial charge in [0, 0.05) is 29.6 Å². The number of amides is 1. The molecule has 0 bridgehead atoms. The van der Waals surface area contributed by atoms with Crippen LogP contribution in [0.2, 0.25) is 0 Å². The van der Waals surface area contributed by atoms with Crippen LogP contribution in [-0.2, 0) is 25.1 Å². The van der Waals surface area contributed by atoms with Gasteiger partial charge in [-0.25, -0.2) is 0 Å². The van der Waals surface area contributed by atoms with Crippen molar-refractivity contribution in [1.29, 1.82) is 0 Å². The van der Waals surface area contributed by atoms with Crippen LogP contribution in [0.1, 0.15) is 19.8 Å². The number of likely N-dealkylation sites (tertiary alicyclic amines) is 1. The average Bonchev–Trinajstić information content (AvgIpc) is 2.58. The quantitative estimate of drug-likeness (QED) is 0.652. The van der Waals surface area contributed by atoms with Crippen molar-refractivity contribution >= 4 is 22.7 Å². The van der Waals surface area contributed by atoms with Gasteiger partial charge in [0.15, 0.2) is 0 Å². The van der Waals surface area contributed by atoms with Crippen molar-refractivity contribution in [2.75, 3.05) is 20.7 Å². The van der Waals surface area contributed by atoms with Crippen LogP contribution in [0, 0.1) is 0 Å². The zero-order valence-electron chi connectivity index (χ0n) is 9.76. The van der Waals surface area contributed by atoms with Gasteiger partial charge in [0.05, 0.1) is 13.5 Å². The molecule has 3 atom stereocenters. The Hall–Kier alpha value is -0.910. The number of esters is 1. The van der Waals surface area contributed by atoms with E-state index >= 15 is 0 Å². The number of hydrogen-bond donors (Lipinski definition) is 0. The highest BCUT2D eigenvalue weighted by molar-refractivity contribution is 7.87. The van der Waals surface area contributed by atoms with Crippen LogP contribution in [0.4, 0.5) is 0 Å². The maximum Gasteiger partial charge on any atom is 0.306 e. The summed E-state index contributed by atoms with van der Waals surface area (Å²) in [6.45, 7) is 2.35. The minimum Gasteiger partial charge on any atom is -0.469 e. The first-order valence-electron chi connectivity index (χ1n) is 5.18. The molecule has 6 heteroatoms. The van der Waals surface area contributed by atoms with Gasteiger partial charge in [-0.3, -0.25) is 13.8 Å². The summed E-state index contributed by atoms with van der Waals surface area (Å²) in [5.41, 5.74) is 0. The molecule has 0 saturated carbocycles. The summed E-state index contributed by atoms with van der Waals surface area (Å²) in [5.74, 6) is -0.477. The van der Waals surface area contributed by atoms with Crippen molar-refractivity contribution in [1.82, 2.24) is 4.90 Å². The zero-order chi connectivity index (χ0) is 12.3. The van der Waals surface area contributed by atoms with Crippen LogP contribution in [-0.4, -0.2) is 52.2 Å². The molecule has 1 rings (SSSR count). The Balaban J connectivity index is 2.57. The molecule has 5 nitrogen and oxygen atoms in total. The van der Waals surface area contributed by atoms with E-state index in [1.54, 1.807) is 18.9 Å². The van der Waals surface area contributed by atoms with Gasteiger partial charge in [0.1, 0.15) is 5.25 Å². The van der Waals surface area contributed by atoms with Gasteiger partial charge >= 0.3 is 5.97 Å². The van der Waals surface area contributed by atoms with Gasteiger partial charge in [-0.1, -0.05) is 6.92 Å². The molecule has 0 aromatic heterocycles. The van der Waals surface area contributed by atoms with Gasteiger partial charge in [-0.2, -0.15) is 0 Å². The minimum absolute atomic E-state index is 0.0879. The lowest BCUT2D eigenvalue weighted by atomic mass is 10.3. The summed E-state index contributed by atoms with van der Waals surface area (Å²) in [7, 11) is 1.69. The topological polar surface area (TPSA) is 63.7 Å². The van der Waals surface area contributed by atoms with Crippen molar-refractivity contribution in [3.05, 3.63) is 0 Å². The van der Waals surface area contributed by atoms with Crippen LogP contribution >= 0.6 is 0 Å². The van der Waals surface area contributed by atoms with Gasteiger partial charge in [-0.15, -0.1) is 0 Å². The molecule has 1 aliphatic heterocycles. The Bertz CT molecular complexity index is 318. The summed E-state index contributed by atoms with van der Waals surface area (Å²) in [5, 5.41) is -0.794. The first-order chi connectivity index (χ1) is 7.47. The van der Waals surface area contributed by atoms with Crippen LogP contribution in [0.25, 0.3) is 0 Å². The first-order valence-corrected chi connectivity index (χ1v) is 6.46. The summed E-state index contributed by atoms with van der Waals surface area (Å²) >= 11 is 0. The fourth-order valence-corrected chi connectivity index (χ4v) is 3.26. The molecule has 0 radical (unpaired) electrons. The smallest absolute Gasteiger partial charge is 0.306 e. The van der Waals surface area contributed by atoms with Crippen molar-refractivity contribution < 1.29 is 18.5 Å². The predicted molar refractivity (Wildman–Crippen MR) is 60.3 cm³/mol. The van der Waals surface area contributed by atoms with E-state index in [0.717, 1.165) is 0 Å². The molecule has 0 N–H and O–H groups in total. The fraction of sp³-hybridized carbons (Fsp3) is 0.800. The second-order valence-electron chi connectivity index (χ2n) is 3.96. The Kier molecular flexibility index (Phi) is 4.46. The average molecular weight is 247 g/mol. The van der Waals surface area contributed by atoms with E-state index in [9.17, 15) is 13.8 Å². The lowest BCUT2D eigenvalue weighted by molar-refractivity contribution is -0.140. The zero-order valence-corrected chi connectivity index (χ0v) is 10.6. The molecule has 1 amide bonds. The van der Waals surface area contributed by atoms with Crippen molar-refractivity contribution in [2.24, 2.45) is 0 Å². The van der Waals surface area contributed by atoms with Gasteiger partial charge < -0.3 is 9.64 Å². The Morgan fingerprint density at radius 3 is 2.75 bits per heavy atom. The number of nitrogens with zero attached hydrogens (tertiary/aromatic N) is 1. The molecule has 16 heavy (non-hydrogen) atoms. The first kappa shape index (κ1) is 13.2. The van der Waals surface area contributed by atoms with E-state index in [1.807, 2.05) is 0 Å². The van der Waals surface area contributed by atoms with Crippen LogP contribution in [0.15, 0.2) is 0 Å². The molecule has 0 aromatic rings. The van der Waals surface area contributed by atoms with Gasteiger partial charge in [0.2, 0.25) is 5.91 Å². The molecule has 92 valence electrons. The van der Waals surface area contributed by atoms with Crippen molar-refractivity contribution in [3.8, 4) is 0 Å². The fourth-order valence-electron chi connectivity index (χ4n) is 1.69.